The Balaban J connectivity index is 2.05. The molecule has 1 aliphatic rings. The van der Waals surface area contributed by atoms with E-state index in [1.165, 1.54) is 12.8 Å². The number of fused-ring (bicyclic) bond motifs is 2. The summed E-state index contributed by atoms with van der Waals surface area (Å²) in [5.41, 5.74) is 2.57. The van der Waals surface area contributed by atoms with Gasteiger partial charge in [-0.1, -0.05) is 50.1 Å². The van der Waals surface area contributed by atoms with Gasteiger partial charge in [-0.15, -0.1) is 0 Å². The van der Waals surface area contributed by atoms with Crippen molar-refractivity contribution in [2.24, 2.45) is 0 Å². The highest BCUT2D eigenvalue weighted by molar-refractivity contribution is 7.99. The van der Waals surface area contributed by atoms with Crippen LogP contribution < -0.4 is 9.64 Å². The third kappa shape index (κ3) is 5.19. The molecule has 0 unspecified atom stereocenters. The fourth-order valence-corrected chi connectivity index (χ4v) is 4.96. The number of hydrogen-bond donors (Lipinski definition) is 0. The molecule has 0 N–H and O–H groups in total. The Hall–Kier alpha value is -2.71. The highest BCUT2D eigenvalue weighted by Gasteiger charge is 2.30. The quantitative estimate of drug-likeness (QED) is 0.306. The molecule has 2 aromatic carbocycles. The zero-order chi connectivity index (χ0) is 22.9. The topological polar surface area (TPSA) is 78.5 Å². The lowest BCUT2D eigenvalue weighted by Gasteiger charge is -2.34. The monoisotopic (exact) mass is 451 g/mol. The SMILES string of the molecule is CCCCCCN1c2ccccc2Sc2cc(C#N)c(C#N)c(OCCC(OC)OC)c21. The Bertz CT molecular complexity index is 1010. The van der Waals surface area contributed by atoms with Gasteiger partial charge in [0.05, 0.1) is 23.5 Å². The number of anilines is 2. The van der Waals surface area contributed by atoms with Crippen LogP contribution in [0.1, 0.15) is 50.2 Å². The molecule has 32 heavy (non-hydrogen) atoms. The van der Waals surface area contributed by atoms with Gasteiger partial charge in [0.1, 0.15) is 17.7 Å². The largest absolute Gasteiger partial charge is 0.490 e. The Kier molecular flexibility index (Phi) is 8.81. The van der Waals surface area contributed by atoms with Crippen LogP contribution in [0.2, 0.25) is 0 Å². The molecule has 0 aromatic heterocycles. The molecule has 0 spiro atoms. The van der Waals surface area contributed by atoms with E-state index in [1.807, 2.05) is 18.2 Å². The van der Waals surface area contributed by atoms with E-state index >= 15 is 0 Å². The van der Waals surface area contributed by atoms with Gasteiger partial charge in [0.25, 0.3) is 0 Å². The summed E-state index contributed by atoms with van der Waals surface area (Å²) < 4.78 is 16.7. The average Bonchev–Trinajstić information content (AvgIpc) is 2.83. The van der Waals surface area contributed by atoms with Crippen LogP contribution >= 0.6 is 11.8 Å². The standard InChI is InChI=1S/C25H29N3O3S/c1-4-5-6-9-13-28-20-10-7-8-11-21(20)32-22-15-18(16-26)19(17-27)25(24(22)28)31-14-12-23(29-2)30-3/h7-8,10-11,15,23H,4-6,9,12-14H2,1-3H3. The lowest BCUT2D eigenvalue weighted by Crippen LogP contribution is -2.24. The molecular formula is C25H29N3O3S. The van der Waals surface area contributed by atoms with E-state index < -0.39 is 6.29 Å². The normalized spacial score (nSPS) is 12.1. The second kappa shape index (κ2) is 11.8. The first kappa shape index (κ1) is 23.9. The van der Waals surface area contributed by atoms with Crippen LogP contribution in [0.25, 0.3) is 0 Å². The minimum absolute atomic E-state index is 0.274. The molecule has 0 bridgehead atoms. The van der Waals surface area contributed by atoms with Crippen LogP contribution in [0.4, 0.5) is 11.4 Å². The molecule has 7 heteroatoms. The summed E-state index contributed by atoms with van der Waals surface area (Å²) >= 11 is 1.61. The fourth-order valence-electron chi connectivity index (χ4n) is 3.82. The third-order valence-electron chi connectivity index (χ3n) is 5.46. The maximum absolute atomic E-state index is 9.90. The summed E-state index contributed by atoms with van der Waals surface area (Å²) in [6.45, 7) is 3.32. The van der Waals surface area contributed by atoms with Gasteiger partial charge in [0, 0.05) is 37.0 Å². The summed E-state index contributed by atoms with van der Waals surface area (Å²) in [7, 11) is 3.16. The highest BCUT2D eigenvalue weighted by Crippen LogP contribution is 2.53. The van der Waals surface area contributed by atoms with Crippen LogP contribution in [0.5, 0.6) is 5.75 Å². The van der Waals surface area contributed by atoms with Crippen molar-refractivity contribution in [3.8, 4) is 17.9 Å². The fraction of sp³-hybridized carbons (Fsp3) is 0.440. The van der Waals surface area contributed by atoms with Crippen molar-refractivity contribution >= 4 is 23.1 Å². The number of nitriles is 2. The number of ether oxygens (including phenoxy) is 3. The zero-order valence-electron chi connectivity index (χ0n) is 18.9. The number of para-hydroxylation sites is 1. The smallest absolute Gasteiger partial charge is 0.163 e. The molecule has 0 aliphatic carbocycles. The predicted octanol–water partition coefficient (Wildman–Crippen LogP) is 6.00. The predicted molar refractivity (Wildman–Crippen MR) is 126 cm³/mol. The summed E-state index contributed by atoms with van der Waals surface area (Å²) in [5, 5.41) is 19.6. The molecule has 0 saturated carbocycles. The molecule has 0 fully saturated rings. The Labute approximate surface area is 194 Å². The number of rotatable bonds is 11. The first-order valence-electron chi connectivity index (χ1n) is 10.9. The van der Waals surface area contributed by atoms with Crippen molar-refractivity contribution in [3.05, 3.63) is 41.5 Å². The van der Waals surface area contributed by atoms with Gasteiger partial charge < -0.3 is 19.1 Å². The maximum atomic E-state index is 9.90. The van der Waals surface area contributed by atoms with Crippen molar-refractivity contribution in [1.82, 2.24) is 0 Å². The molecule has 6 nitrogen and oxygen atoms in total. The number of hydrogen-bond acceptors (Lipinski definition) is 7. The average molecular weight is 452 g/mol. The van der Waals surface area contributed by atoms with Crippen molar-refractivity contribution in [2.45, 2.75) is 55.1 Å². The first-order valence-corrected chi connectivity index (χ1v) is 11.7. The first-order chi connectivity index (χ1) is 15.7. The van der Waals surface area contributed by atoms with Crippen LogP contribution in [-0.4, -0.2) is 33.7 Å². The molecule has 0 atom stereocenters. The molecular weight excluding hydrogens is 422 g/mol. The van der Waals surface area contributed by atoms with E-state index in [4.69, 9.17) is 14.2 Å². The van der Waals surface area contributed by atoms with Gasteiger partial charge in [-0.25, -0.2) is 0 Å². The number of nitrogens with zero attached hydrogens (tertiary/aromatic N) is 3. The molecule has 0 radical (unpaired) electrons. The van der Waals surface area contributed by atoms with Crippen LogP contribution in [0, 0.1) is 22.7 Å². The van der Waals surface area contributed by atoms with E-state index in [1.54, 1.807) is 26.0 Å². The summed E-state index contributed by atoms with van der Waals surface area (Å²) in [5.74, 6) is 0.463. The Morgan fingerprint density at radius 1 is 1.03 bits per heavy atom. The zero-order valence-corrected chi connectivity index (χ0v) is 19.7. The molecule has 2 aromatic rings. The lowest BCUT2D eigenvalue weighted by molar-refractivity contribution is -0.110. The molecule has 1 aliphatic heterocycles. The molecule has 1 heterocycles. The van der Waals surface area contributed by atoms with Gasteiger partial charge in [0.2, 0.25) is 0 Å². The number of methoxy groups -OCH3 is 2. The van der Waals surface area contributed by atoms with Gasteiger partial charge in [-0.05, 0) is 24.6 Å². The van der Waals surface area contributed by atoms with E-state index in [9.17, 15) is 10.5 Å². The summed E-state index contributed by atoms with van der Waals surface area (Å²) in [6.07, 6.45) is 4.63. The lowest BCUT2D eigenvalue weighted by atomic mass is 10.0. The van der Waals surface area contributed by atoms with Gasteiger partial charge in [0.15, 0.2) is 12.0 Å². The minimum atomic E-state index is -0.393. The molecule has 3 rings (SSSR count). The van der Waals surface area contributed by atoms with Crippen molar-refractivity contribution in [2.75, 3.05) is 32.3 Å². The molecule has 0 saturated heterocycles. The van der Waals surface area contributed by atoms with Crippen LogP contribution in [0.15, 0.2) is 40.1 Å². The van der Waals surface area contributed by atoms with Crippen molar-refractivity contribution in [3.63, 3.8) is 0 Å². The van der Waals surface area contributed by atoms with E-state index in [-0.39, 0.29) is 5.56 Å². The van der Waals surface area contributed by atoms with Crippen molar-refractivity contribution < 1.29 is 14.2 Å². The van der Waals surface area contributed by atoms with E-state index in [2.05, 4.69) is 36.1 Å². The van der Waals surface area contributed by atoms with E-state index in [0.717, 1.165) is 40.6 Å². The van der Waals surface area contributed by atoms with Crippen LogP contribution in [-0.2, 0) is 9.47 Å². The third-order valence-corrected chi connectivity index (χ3v) is 6.56. The number of benzene rings is 2. The summed E-state index contributed by atoms with van der Waals surface area (Å²) in [6, 6.07) is 14.4. The van der Waals surface area contributed by atoms with Gasteiger partial charge in [-0.3, -0.25) is 0 Å². The Morgan fingerprint density at radius 3 is 2.50 bits per heavy atom. The number of unbranched alkanes of at least 4 members (excludes halogenated alkanes) is 3. The Morgan fingerprint density at radius 2 is 1.81 bits per heavy atom. The second-order valence-corrected chi connectivity index (χ2v) is 8.60. The van der Waals surface area contributed by atoms with Crippen molar-refractivity contribution in [1.29, 1.82) is 10.5 Å². The van der Waals surface area contributed by atoms with Gasteiger partial charge >= 0.3 is 0 Å². The van der Waals surface area contributed by atoms with E-state index in [0.29, 0.717) is 24.3 Å². The highest BCUT2D eigenvalue weighted by atomic mass is 32.2. The summed E-state index contributed by atoms with van der Waals surface area (Å²) in [4.78, 5) is 4.31. The minimum Gasteiger partial charge on any atom is -0.490 e. The molecule has 0 amide bonds. The maximum Gasteiger partial charge on any atom is 0.163 e. The molecule has 168 valence electrons. The van der Waals surface area contributed by atoms with Crippen LogP contribution in [0.3, 0.4) is 0 Å². The second-order valence-electron chi connectivity index (χ2n) is 7.52. The van der Waals surface area contributed by atoms with Gasteiger partial charge in [-0.2, -0.15) is 10.5 Å².